The highest BCUT2D eigenvalue weighted by atomic mass is 32.1. The zero-order chi connectivity index (χ0) is 23.1. The van der Waals surface area contributed by atoms with Gasteiger partial charge in [-0.1, -0.05) is 73.5 Å². The molecule has 2 heterocycles. The van der Waals surface area contributed by atoms with Gasteiger partial charge in [-0.15, -0.1) is 22.7 Å². The fourth-order valence-corrected chi connectivity index (χ4v) is 8.27. The molecule has 0 amide bonds. The number of rotatable bonds is 2. The number of aryl methyl sites for hydroxylation is 2. The van der Waals surface area contributed by atoms with Crippen LogP contribution in [0, 0.1) is 13.8 Å². The first-order chi connectivity index (χ1) is 16.5. The first-order valence-corrected chi connectivity index (χ1v) is 13.7. The van der Waals surface area contributed by atoms with Gasteiger partial charge in [0, 0.05) is 31.3 Å². The summed E-state index contributed by atoms with van der Waals surface area (Å²) in [4.78, 5) is 5.73. The molecule has 0 saturated heterocycles. The van der Waals surface area contributed by atoms with Crippen LogP contribution in [0.1, 0.15) is 59.1 Å². The molecular weight excluding hydrogens is 448 g/mol. The molecule has 0 fully saturated rings. The van der Waals surface area contributed by atoms with E-state index < -0.39 is 0 Å². The third-order valence-electron chi connectivity index (χ3n) is 7.77. The lowest BCUT2D eigenvalue weighted by Crippen LogP contribution is -1.93. The molecule has 0 nitrogen and oxygen atoms in total. The third-order valence-corrected chi connectivity index (χ3v) is 10.2. The van der Waals surface area contributed by atoms with Gasteiger partial charge < -0.3 is 0 Å². The number of thiophene rings is 2. The summed E-state index contributed by atoms with van der Waals surface area (Å²) >= 11 is 3.93. The van der Waals surface area contributed by atoms with Crippen molar-refractivity contribution in [1.29, 1.82) is 0 Å². The van der Waals surface area contributed by atoms with Crippen LogP contribution in [0.2, 0.25) is 0 Å². The maximum Gasteiger partial charge on any atom is 0.0390 e. The Labute approximate surface area is 209 Å². The maximum atomic E-state index is 2.52. The Morgan fingerprint density at radius 2 is 0.882 bits per heavy atom. The maximum absolute atomic E-state index is 2.52. The highest BCUT2D eigenvalue weighted by Gasteiger charge is 2.34. The molecule has 0 bridgehead atoms. The molecule has 2 aromatic heterocycles. The van der Waals surface area contributed by atoms with Crippen LogP contribution in [0.15, 0.2) is 72.8 Å². The van der Waals surface area contributed by atoms with Crippen LogP contribution in [-0.4, -0.2) is 0 Å². The number of hydrogen-bond donors (Lipinski definition) is 0. The fraction of sp³-hybridized carbons (Fsp3) is 0.188. The molecule has 3 aromatic carbocycles. The summed E-state index contributed by atoms with van der Waals surface area (Å²) in [5.74, 6) is 0.892. The lowest BCUT2D eigenvalue weighted by atomic mass is 9.93. The van der Waals surface area contributed by atoms with Gasteiger partial charge in [0.15, 0.2) is 0 Å². The van der Waals surface area contributed by atoms with E-state index >= 15 is 0 Å². The summed E-state index contributed by atoms with van der Waals surface area (Å²) in [5.41, 5.74) is 14.2. The minimum atomic E-state index is 0.446. The van der Waals surface area contributed by atoms with Crippen molar-refractivity contribution >= 4 is 22.7 Å². The van der Waals surface area contributed by atoms with Gasteiger partial charge >= 0.3 is 0 Å². The summed E-state index contributed by atoms with van der Waals surface area (Å²) < 4.78 is 0. The number of benzene rings is 3. The Hall–Kier alpha value is -2.94. The average molecular weight is 475 g/mol. The van der Waals surface area contributed by atoms with Crippen LogP contribution >= 0.6 is 22.7 Å². The summed E-state index contributed by atoms with van der Waals surface area (Å²) in [7, 11) is 0. The van der Waals surface area contributed by atoms with Gasteiger partial charge in [0.25, 0.3) is 0 Å². The summed E-state index contributed by atoms with van der Waals surface area (Å²) in [6, 6.07) is 27.8. The van der Waals surface area contributed by atoms with Crippen LogP contribution in [0.3, 0.4) is 0 Å². The van der Waals surface area contributed by atoms with Crippen molar-refractivity contribution in [3.05, 3.63) is 106 Å². The van der Waals surface area contributed by atoms with Crippen molar-refractivity contribution in [3.8, 4) is 41.8 Å². The van der Waals surface area contributed by atoms with Crippen molar-refractivity contribution in [1.82, 2.24) is 0 Å². The van der Waals surface area contributed by atoms with Gasteiger partial charge in [-0.25, -0.2) is 0 Å². The molecule has 2 aliphatic carbocycles. The highest BCUT2D eigenvalue weighted by Crippen LogP contribution is 2.57. The Morgan fingerprint density at radius 3 is 1.26 bits per heavy atom. The van der Waals surface area contributed by atoms with Crippen molar-refractivity contribution in [2.75, 3.05) is 0 Å². The number of hydrogen-bond acceptors (Lipinski definition) is 2. The monoisotopic (exact) mass is 474 g/mol. The van der Waals surface area contributed by atoms with Gasteiger partial charge in [-0.2, -0.15) is 0 Å². The van der Waals surface area contributed by atoms with Gasteiger partial charge in [-0.3, -0.25) is 0 Å². The SMILES string of the molecule is Cc1ccc(-c2cc3c(s2)-c2cc4c(cc2C3C)-c2sc(-c3ccc(C)cc3)cc2C4C)cc1. The lowest BCUT2D eigenvalue weighted by molar-refractivity contribution is 0.945. The Kier molecular flexibility index (Phi) is 4.37. The zero-order valence-corrected chi connectivity index (χ0v) is 21.5. The second kappa shape index (κ2) is 7.28. The molecule has 2 unspecified atom stereocenters. The molecule has 34 heavy (non-hydrogen) atoms. The Bertz CT molecular complexity index is 1450. The molecule has 2 atom stereocenters. The second-order valence-corrected chi connectivity index (χ2v) is 12.1. The average Bonchev–Trinajstić information content (AvgIpc) is 3.58. The van der Waals surface area contributed by atoms with E-state index in [2.05, 4.69) is 100 Å². The van der Waals surface area contributed by atoms with E-state index in [1.54, 1.807) is 0 Å². The third kappa shape index (κ3) is 2.88. The fourth-order valence-electron chi connectivity index (χ4n) is 5.67. The topological polar surface area (TPSA) is 0 Å². The van der Waals surface area contributed by atoms with Crippen LogP contribution < -0.4 is 0 Å². The van der Waals surface area contributed by atoms with Gasteiger partial charge in [0.05, 0.1) is 0 Å². The van der Waals surface area contributed by atoms with Crippen molar-refractivity contribution < 1.29 is 0 Å². The minimum Gasteiger partial charge on any atom is -0.135 e. The van der Waals surface area contributed by atoms with E-state index in [1.165, 1.54) is 75.1 Å². The molecule has 5 aromatic rings. The molecule has 2 aliphatic rings. The number of fused-ring (bicyclic) bond motifs is 6. The summed E-state index contributed by atoms with van der Waals surface area (Å²) in [5, 5.41) is 0. The summed E-state index contributed by atoms with van der Waals surface area (Å²) in [6.07, 6.45) is 0. The molecule has 2 heteroatoms. The highest BCUT2D eigenvalue weighted by molar-refractivity contribution is 7.19. The van der Waals surface area contributed by atoms with Gasteiger partial charge in [0.2, 0.25) is 0 Å². The Balaban J connectivity index is 1.32. The molecule has 0 radical (unpaired) electrons. The predicted molar refractivity (Wildman–Crippen MR) is 148 cm³/mol. The largest absolute Gasteiger partial charge is 0.135 e. The molecular formula is C32H26S2. The minimum absolute atomic E-state index is 0.446. The van der Waals surface area contributed by atoms with Crippen LogP contribution in [0.5, 0.6) is 0 Å². The standard InChI is InChI=1S/C32H26S2/c1-17-5-9-21(10-6-17)29-15-25-19(3)23-14-28-24(13-27(23)31(25)33-29)20(4)26-16-30(34-32(26)28)22-11-7-18(2)8-12-22/h5-16,19-20H,1-4H3. The molecule has 0 N–H and O–H groups in total. The molecule has 7 rings (SSSR count). The van der Waals surface area contributed by atoms with Gasteiger partial charge in [0.1, 0.15) is 0 Å². The first kappa shape index (κ1) is 20.4. The van der Waals surface area contributed by atoms with E-state index in [-0.39, 0.29) is 0 Å². The van der Waals surface area contributed by atoms with Crippen molar-refractivity contribution in [2.24, 2.45) is 0 Å². The van der Waals surface area contributed by atoms with E-state index in [0.717, 1.165) is 0 Å². The Morgan fingerprint density at radius 1 is 0.500 bits per heavy atom. The van der Waals surface area contributed by atoms with Crippen LogP contribution in [0.25, 0.3) is 41.8 Å². The van der Waals surface area contributed by atoms with E-state index in [1.807, 2.05) is 22.7 Å². The quantitative estimate of drug-likeness (QED) is 0.239. The summed E-state index contributed by atoms with van der Waals surface area (Å²) in [6.45, 7) is 9.07. The molecule has 0 saturated carbocycles. The van der Waals surface area contributed by atoms with Gasteiger partial charge in [-0.05, 0) is 82.6 Å². The second-order valence-electron chi connectivity index (χ2n) is 9.99. The molecule has 0 aliphatic heterocycles. The lowest BCUT2D eigenvalue weighted by Gasteiger charge is -2.12. The van der Waals surface area contributed by atoms with Crippen molar-refractivity contribution in [3.63, 3.8) is 0 Å². The predicted octanol–water partition coefficient (Wildman–Crippen LogP) is 10.0. The van der Waals surface area contributed by atoms with E-state index in [4.69, 9.17) is 0 Å². The smallest absolute Gasteiger partial charge is 0.0390 e. The first-order valence-electron chi connectivity index (χ1n) is 12.1. The van der Waals surface area contributed by atoms with E-state index in [0.29, 0.717) is 11.8 Å². The molecule has 166 valence electrons. The van der Waals surface area contributed by atoms with Crippen molar-refractivity contribution in [2.45, 2.75) is 39.5 Å². The zero-order valence-electron chi connectivity index (χ0n) is 19.9. The van der Waals surface area contributed by atoms with E-state index in [9.17, 15) is 0 Å². The normalized spacial score (nSPS) is 17.4. The van der Waals surface area contributed by atoms with Crippen LogP contribution in [0.4, 0.5) is 0 Å². The van der Waals surface area contributed by atoms with Crippen LogP contribution in [-0.2, 0) is 0 Å². The molecule has 0 spiro atoms.